The first-order valence-corrected chi connectivity index (χ1v) is 10.4. The smallest absolute Gasteiger partial charge is 0.416 e. The van der Waals surface area contributed by atoms with Gasteiger partial charge < -0.3 is 9.64 Å². The molecule has 1 amide bonds. The van der Waals surface area contributed by atoms with Gasteiger partial charge in [0.25, 0.3) is 5.91 Å². The Morgan fingerprint density at radius 3 is 2.23 bits per heavy atom. The van der Waals surface area contributed by atoms with Crippen molar-refractivity contribution in [2.24, 2.45) is 0 Å². The number of para-hydroxylation sites is 1. The second kappa shape index (κ2) is 8.79. The first-order valence-electron chi connectivity index (χ1n) is 10.4. The molecule has 0 N–H and O–H groups in total. The fourth-order valence-electron chi connectivity index (χ4n) is 4.01. The minimum atomic E-state index is -4.71. The van der Waals surface area contributed by atoms with Crippen molar-refractivity contribution in [2.45, 2.75) is 25.7 Å². The second-order valence-electron chi connectivity index (χ2n) is 7.91. The summed E-state index contributed by atoms with van der Waals surface area (Å²) in [6.07, 6.45) is -10.5. The zero-order chi connectivity index (χ0) is 25.5. The highest BCUT2D eigenvalue weighted by atomic mass is 19.4. The Hall–Kier alpha value is -3.76. The Morgan fingerprint density at radius 1 is 0.914 bits per heavy atom. The van der Waals surface area contributed by atoms with Gasteiger partial charge in [0.1, 0.15) is 6.67 Å². The van der Waals surface area contributed by atoms with Gasteiger partial charge >= 0.3 is 12.4 Å². The van der Waals surface area contributed by atoms with Crippen LogP contribution < -0.4 is 14.5 Å². The molecule has 35 heavy (non-hydrogen) atoms. The number of hydrogen-bond acceptors (Lipinski definition) is 4. The summed E-state index contributed by atoms with van der Waals surface area (Å²) < 4.78 is 85.2. The van der Waals surface area contributed by atoms with Crippen LogP contribution in [0.25, 0.3) is 0 Å². The number of fused-ring (bicyclic) bond motifs is 1. The summed E-state index contributed by atoms with van der Waals surface area (Å²) in [5.74, 6) is -0.464. The molecule has 5 nitrogen and oxygen atoms in total. The average Bonchev–Trinajstić information content (AvgIpc) is 2.78. The quantitative estimate of drug-likeness (QED) is 0.400. The van der Waals surface area contributed by atoms with E-state index in [0.717, 1.165) is 18.2 Å². The van der Waals surface area contributed by atoms with Gasteiger partial charge in [-0.2, -0.15) is 26.3 Å². The van der Waals surface area contributed by atoms with Crippen LogP contribution in [-0.4, -0.2) is 30.8 Å². The number of aryl methyl sites for hydroxylation is 1. The number of ether oxygens (including phenoxy) is 1. The molecule has 0 saturated carbocycles. The van der Waals surface area contributed by atoms with Gasteiger partial charge in [0.05, 0.1) is 41.7 Å². The van der Waals surface area contributed by atoms with Crippen molar-refractivity contribution in [1.29, 1.82) is 0 Å². The van der Waals surface area contributed by atoms with Gasteiger partial charge in [-0.3, -0.25) is 9.69 Å². The van der Waals surface area contributed by atoms with Gasteiger partial charge in [0.15, 0.2) is 0 Å². The highest BCUT2D eigenvalue weighted by Gasteiger charge is 2.38. The molecule has 1 aliphatic rings. The summed E-state index contributed by atoms with van der Waals surface area (Å²) in [5.41, 5.74) is -0.559. The normalized spacial score (nSPS) is 14.2. The van der Waals surface area contributed by atoms with Gasteiger partial charge in [-0.05, 0) is 42.8 Å². The van der Waals surface area contributed by atoms with Crippen LogP contribution >= 0.6 is 0 Å². The lowest BCUT2D eigenvalue weighted by atomic mass is 10.0. The standard InChI is InChI=1S/C24H19F6N3O2/c1-14-18(9-10-21(31-14)35-2)33-13-32(19-6-4-3-5-15(19)12-23(25,26)27)20-8-7-16(24(28,29)30)11-17(20)22(33)34/h3-11H,12-13H2,1-2H3. The van der Waals surface area contributed by atoms with Crippen LogP contribution in [-0.2, 0) is 12.6 Å². The minimum absolute atomic E-state index is 0.0769. The van der Waals surface area contributed by atoms with Crippen molar-refractivity contribution in [3.63, 3.8) is 0 Å². The molecule has 4 rings (SSSR count). The molecule has 0 spiro atoms. The highest BCUT2D eigenvalue weighted by Crippen LogP contribution is 2.41. The topological polar surface area (TPSA) is 45.7 Å². The number of pyridine rings is 1. The van der Waals surface area contributed by atoms with Gasteiger partial charge in [0, 0.05) is 11.8 Å². The summed E-state index contributed by atoms with van der Waals surface area (Å²) >= 11 is 0. The molecule has 1 aliphatic heterocycles. The molecular weight excluding hydrogens is 476 g/mol. The number of rotatable bonds is 4. The summed E-state index contributed by atoms with van der Waals surface area (Å²) in [7, 11) is 1.40. The van der Waals surface area contributed by atoms with Crippen LogP contribution in [0.3, 0.4) is 0 Å². The molecule has 0 fully saturated rings. The monoisotopic (exact) mass is 495 g/mol. The Morgan fingerprint density at radius 2 is 1.60 bits per heavy atom. The maximum atomic E-state index is 13.4. The number of methoxy groups -OCH3 is 1. The molecule has 0 unspecified atom stereocenters. The van der Waals surface area contributed by atoms with Crippen LogP contribution in [0, 0.1) is 6.92 Å². The third-order valence-corrected chi connectivity index (χ3v) is 5.58. The van der Waals surface area contributed by atoms with E-state index in [2.05, 4.69) is 4.98 Å². The van der Waals surface area contributed by atoms with Crippen LogP contribution in [0.1, 0.15) is 27.2 Å². The van der Waals surface area contributed by atoms with Gasteiger partial charge in [-0.15, -0.1) is 0 Å². The molecule has 0 atom stereocenters. The number of carbonyl (C=O) groups is 1. The maximum absolute atomic E-state index is 13.4. The average molecular weight is 495 g/mol. The van der Waals surface area contributed by atoms with Crippen LogP contribution in [0.5, 0.6) is 5.88 Å². The summed E-state index contributed by atoms with van der Waals surface area (Å²) in [6.45, 7) is 1.36. The van der Waals surface area contributed by atoms with E-state index in [9.17, 15) is 31.1 Å². The third-order valence-electron chi connectivity index (χ3n) is 5.58. The van der Waals surface area contributed by atoms with Gasteiger partial charge in [-0.1, -0.05) is 18.2 Å². The minimum Gasteiger partial charge on any atom is -0.481 e. The van der Waals surface area contributed by atoms with Crippen molar-refractivity contribution in [1.82, 2.24) is 4.98 Å². The lowest BCUT2D eigenvalue weighted by molar-refractivity contribution is -0.137. The van der Waals surface area contributed by atoms with Crippen LogP contribution in [0.15, 0.2) is 54.6 Å². The molecule has 184 valence electrons. The molecule has 0 saturated heterocycles. The van der Waals surface area contributed by atoms with E-state index < -0.39 is 30.2 Å². The number of benzene rings is 2. The zero-order valence-corrected chi connectivity index (χ0v) is 18.5. The number of halogens is 6. The number of carbonyl (C=O) groups excluding carboxylic acids is 1. The van der Waals surface area contributed by atoms with E-state index in [4.69, 9.17) is 4.74 Å². The molecular formula is C24H19F6N3O2. The second-order valence-corrected chi connectivity index (χ2v) is 7.91. The molecule has 0 radical (unpaired) electrons. The number of nitrogens with zero attached hydrogens (tertiary/aromatic N) is 3. The van der Waals surface area contributed by atoms with E-state index in [1.54, 1.807) is 6.92 Å². The Labute approximate surface area is 196 Å². The van der Waals surface area contributed by atoms with E-state index in [-0.39, 0.29) is 40.7 Å². The predicted octanol–water partition coefficient (Wildman–Crippen LogP) is 6.28. The molecule has 11 heteroatoms. The van der Waals surface area contributed by atoms with E-state index in [1.807, 2.05) is 0 Å². The lowest BCUT2D eigenvalue weighted by Gasteiger charge is -2.39. The predicted molar refractivity (Wildman–Crippen MR) is 117 cm³/mol. The summed E-state index contributed by atoms with van der Waals surface area (Å²) in [4.78, 5) is 20.2. The molecule has 0 bridgehead atoms. The Balaban J connectivity index is 1.90. The Bertz CT molecular complexity index is 1270. The maximum Gasteiger partial charge on any atom is 0.416 e. The molecule has 2 aromatic carbocycles. The van der Waals surface area contributed by atoms with E-state index in [0.29, 0.717) is 5.69 Å². The van der Waals surface area contributed by atoms with E-state index >= 15 is 0 Å². The number of alkyl halides is 6. The Kier molecular flexibility index (Phi) is 6.12. The van der Waals surface area contributed by atoms with Crippen LogP contribution in [0.2, 0.25) is 0 Å². The SMILES string of the molecule is COc1ccc(N2CN(c3ccccc3CC(F)(F)F)c3ccc(C(F)(F)F)cc3C2=O)c(C)n1. The van der Waals surface area contributed by atoms with E-state index in [1.165, 1.54) is 53.3 Å². The van der Waals surface area contributed by atoms with Gasteiger partial charge in [-0.25, -0.2) is 4.98 Å². The number of hydrogen-bond donors (Lipinski definition) is 0. The van der Waals surface area contributed by atoms with Crippen molar-refractivity contribution in [3.8, 4) is 5.88 Å². The first-order chi connectivity index (χ1) is 16.4. The summed E-state index contributed by atoms with van der Waals surface area (Å²) in [6, 6.07) is 11.4. The fraction of sp³-hybridized carbons (Fsp3) is 0.250. The van der Waals surface area contributed by atoms with Gasteiger partial charge in [0.2, 0.25) is 5.88 Å². The summed E-state index contributed by atoms with van der Waals surface area (Å²) in [5, 5.41) is 0. The van der Waals surface area contributed by atoms with Crippen LogP contribution in [0.4, 0.5) is 43.4 Å². The number of amides is 1. The zero-order valence-electron chi connectivity index (χ0n) is 18.5. The molecule has 1 aromatic heterocycles. The third kappa shape index (κ3) is 4.89. The first kappa shape index (κ1) is 24.4. The van der Waals surface area contributed by atoms with Crippen molar-refractivity contribution >= 4 is 23.0 Å². The fourth-order valence-corrected chi connectivity index (χ4v) is 4.01. The largest absolute Gasteiger partial charge is 0.481 e. The number of anilines is 3. The molecule has 3 aromatic rings. The molecule has 0 aliphatic carbocycles. The highest BCUT2D eigenvalue weighted by molar-refractivity contribution is 6.13. The van der Waals surface area contributed by atoms with Crippen molar-refractivity contribution < 1.29 is 35.9 Å². The lowest BCUT2D eigenvalue weighted by Crippen LogP contribution is -2.45. The van der Waals surface area contributed by atoms with Crippen molar-refractivity contribution in [3.05, 3.63) is 77.0 Å². The number of aromatic nitrogens is 1. The molecule has 2 heterocycles. The van der Waals surface area contributed by atoms with Crippen molar-refractivity contribution in [2.75, 3.05) is 23.6 Å².